The third-order valence-electron chi connectivity index (χ3n) is 4.14. The van der Waals surface area contributed by atoms with E-state index in [9.17, 15) is 9.59 Å². The monoisotopic (exact) mass is 318 g/mol. The number of morpholine rings is 1. The highest BCUT2D eigenvalue weighted by molar-refractivity contribution is 5.86. The summed E-state index contributed by atoms with van der Waals surface area (Å²) in [6, 6.07) is 9.18. The summed E-state index contributed by atoms with van der Waals surface area (Å²) in [5, 5.41) is 2.96. The van der Waals surface area contributed by atoms with Gasteiger partial charge in [0.1, 0.15) is 11.6 Å². The van der Waals surface area contributed by atoms with Crippen LogP contribution in [-0.4, -0.2) is 41.5 Å². The number of likely N-dealkylation sites (N-methyl/N-ethyl adjacent to an activating group) is 1. The molecule has 1 N–H and O–H groups in total. The maximum absolute atomic E-state index is 12.3. The summed E-state index contributed by atoms with van der Waals surface area (Å²) >= 11 is 0. The van der Waals surface area contributed by atoms with E-state index >= 15 is 0 Å². The van der Waals surface area contributed by atoms with Crippen LogP contribution in [0.5, 0.6) is 0 Å². The third kappa shape index (κ3) is 4.55. The zero-order valence-electron chi connectivity index (χ0n) is 14.3. The Balaban J connectivity index is 1.97. The predicted molar refractivity (Wildman–Crippen MR) is 88.8 cm³/mol. The van der Waals surface area contributed by atoms with Crippen molar-refractivity contribution in [3.8, 4) is 0 Å². The first-order valence-electron chi connectivity index (χ1n) is 8.13. The van der Waals surface area contributed by atoms with Gasteiger partial charge in [-0.1, -0.05) is 37.3 Å². The fourth-order valence-corrected chi connectivity index (χ4v) is 2.97. The van der Waals surface area contributed by atoms with Gasteiger partial charge in [-0.25, -0.2) is 0 Å². The molecule has 5 heteroatoms. The highest BCUT2D eigenvalue weighted by Gasteiger charge is 2.40. The Morgan fingerprint density at radius 1 is 1.39 bits per heavy atom. The van der Waals surface area contributed by atoms with E-state index in [4.69, 9.17) is 4.74 Å². The van der Waals surface area contributed by atoms with Crippen molar-refractivity contribution in [2.75, 3.05) is 13.1 Å². The minimum Gasteiger partial charge on any atom is -0.457 e. The van der Waals surface area contributed by atoms with Crippen molar-refractivity contribution in [1.82, 2.24) is 10.2 Å². The second-order valence-electron chi connectivity index (χ2n) is 6.66. The zero-order chi connectivity index (χ0) is 17.0. The molecule has 2 atom stereocenters. The van der Waals surface area contributed by atoms with Gasteiger partial charge in [-0.2, -0.15) is 0 Å². The van der Waals surface area contributed by atoms with E-state index in [1.165, 1.54) is 0 Å². The molecule has 1 fully saturated rings. The van der Waals surface area contributed by atoms with Gasteiger partial charge >= 0.3 is 5.97 Å². The van der Waals surface area contributed by atoms with Gasteiger partial charge in [0.15, 0.2) is 0 Å². The van der Waals surface area contributed by atoms with E-state index in [1.54, 1.807) is 0 Å². The number of rotatable bonds is 5. The van der Waals surface area contributed by atoms with Gasteiger partial charge in [-0.3, -0.25) is 14.5 Å². The Labute approximate surface area is 138 Å². The second kappa shape index (κ2) is 7.13. The van der Waals surface area contributed by atoms with Crippen LogP contribution in [0.4, 0.5) is 0 Å². The minimum absolute atomic E-state index is 0.0881. The molecule has 126 valence electrons. The molecule has 1 saturated heterocycles. The van der Waals surface area contributed by atoms with E-state index in [2.05, 4.69) is 5.32 Å². The van der Waals surface area contributed by atoms with Crippen molar-refractivity contribution in [3.63, 3.8) is 0 Å². The maximum atomic E-state index is 12.3. The summed E-state index contributed by atoms with van der Waals surface area (Å²) < 4.78 is 5.45. The van der Waals surface area contributed by atoms with Crippen LogP contribution in [0.25, 0.3) is 0 Å². The number of ether oxygens (including phenoxy) is 1. The van der Waals surface area contributed by atoms with Gasteiger partial charge in [0, 0.05) is 6.54 Å². The molecule has 0 aromatic heterocycles. The number of hydrogen-bond donors (Lipinski definition) is 1. The summed E-state index contributed by atoms with van der Waals surface area (Å²) in [6.45, 7) is 9.06. The summed E-state index contributed by atoms with van der Waals surface area (Å²) in [5.74, 6) is -0.452. The molecule has 1 aromatic carbocycles. The molecule has 5 nitrogen and oxygen atoms in total. The standard InChI is InChI=1S/C18H26N2O3/c1-5-20-12-18(3,4)23-17(22)15(20)11-16(21)19-13(2)14-9-7-6-8-10-14/h6-10,13,15H,5,11-12H2,1-4H3,(H,19,21). The van der Waals surface area contributed by atoms with E-state index < -0.39 is 11.6 Å². The van der Waals surface area contributed by atoms with Crippen molar-refractivity contribution in [3.05, 3.63) is 35.9 Å². The van der Waals surface area contributed by atoms with Crippen molar-refractivity contribution in [2.45, 2.75) is 51.8 Å². The molecule has 1 heterocycles. The number of nitrogens with zero attached hydrogens (tertiary/aromatic N) is 1. The van der Waals surface area contributed by atoms with Crippen molar-refractivity contribution >= 4 is 11.9 Å². The van der Waals surface area contributed by atoms with Crippen LogP contribution in [0.15, 0.2) is 30.3 Å². The summed E-state index contributed by atoms with van der Waals surface area (Å²) in [5.41, 5.74) is 0.540. The Morgan fingerprint density at radius 2 is 2.04 bits per heavy atom. The van der Waals surface area contributed by atoms with Crippen LogP contribution in [-0.2, 0) is 14.3 Å². The van der Waals surface area contributed by atoms with Gasteiger partial charge in [0.2, 0.25) is 5.91 Å². The number of carbonyl (C=O) groups excluding carboxylic acids is 2. The topological polar surface area (TPSA) is 58.6 Å². The molecule has 23 heavy (non-hydrogen) atoms. The van der Waals surface area contributed by atoms with Gasteiger partial charge in [-0.05, 0) is 32.9 Å². The third-order valence-corrected chi connectivity index (χ3v) is 4.14. The van der Waals surface area contributed by atoms with Gasteiger partial charge in [-0.15, -0.1) is 0 Å². The smallest absolute Gasteiger partial charge is 0.324 e. The highest BCUT2D eigenvalue weighted by Crippen LogP contribution is 2.23. The minimum atomic E-state index is -0.504. The van der Waals surface area contributed by atoms with E-state index in [-0.39, 0.29) is 24.3 Å². The number of esters is 1. The lowest BCUT2D eigenvalue weighted by Crippen LogP contribution is -2.57. The fraction of sp³-hybridized carbons (Fsp3) is 0.556. The van der Waals surface area contributed by atoms with Crippen LogP contribution in [0.2, 0.25) is 0 Å². The molecular weight excluding hydrogens is 292 g/mol. The normalized spacial score (nSPS) is 22.3. The maximum Gasteiger partial charge on any atom is 0.324 e. The number of cyclic esters (lactones) is 1. The lowest BCUT2D eigenvalue weighted by molar-refractivity contribution is -0.178. The molecule has 1 aliphatic rings. The summed E-state index contributed by atoms with van der Waals surface area (Å²) in [7, 11) is 0. The Morgan fingerprint density at radius 3 is 2.65 bits per heavy atom. The van der Waals surface area contributed by atoms with Crippen molar-refractivity contribution in [1.29, 1.82) is 0 Å². The molecule has 0 spiro atoms. The van der Waals surface area contributed by atoms with Gasteiger partial charge < -0.3 is 10.1 Å². The van der Waals surface area contributed by atoms with Crippen LogP contribution >= 0.6 is 0 Å². The van der Waals surface area contributed by atoms with Crippen molar-refractivity contribution in [2.24, 2.45) is 0 Å². The molecule has 1 amide bonds. The molecule has 1 aromatic rings. The molecule has 2 unspecified atom stereocenters. The average molecular weight is 318 g/mol. The average Bonchev–Trinajstić information content (AvgIpc) is 2.50. The van der Waals surface area contributed by atoms with E-state index in [1.807, 2.05) is 62.9 Å². The van der Waals surface area contributed by atoms with Crippen LogP contribution in [0.1, 0.15) is 45.7 Å². The molecule has 0 saturated carbocycles. The Bertz CT molecular complexity index is 557. The first-order valence-corrected chi connectivity index (χ1v) is 8.13. The molecule has 1 aliphatic heterocycles. The summed E-state index contributed by atoms with van der Waals surface area (Å²) in [6.07, 6.45) is 0.125. The number of hydrogen-bond acceptors (Lipinski definition) is 4. The van der Waals surface area contributed by atoms with Crippen LogP contribution in [0, 0.1) is 0 Å². The number of benzene rings is 1. The Hall–Kier alpha value is -1.88. The number of nitrogens with one attached hydrogen (secondary N) is 1. The first kappa shape index (κ1) is 17.5. The number of carbonyl (C=O) groups is 2. The second-order valence-corrected chi connectivity index (χ2v) is 6.66. The van der Waals surface area contributed by atoms with Crippen LogP contribution < -0.4 is 5.32 Å². The highest BCUT2D eigenvalue weighted by atomic mass is 16.6. The molecule has 2 rings (SSSR count). The molecule has 0 aliphatic carbocycles. The summed E-state index contributed by atoms with van der Waals surface area (Å²) in [4.78, 5) is 26.6. The molecular formula is C18H26N2O3. The zero-order valence-corrected chi connectivity index (χ0v) is 14.3. The molecule has 0 radical (unpaired) electrons. The first-order chi connectivity index (χ1) is 10.8. The van der Waals surface area contributed by atoms with E-state index in [0.717, 1.165) is 5.56 Å². The Kier molecular flexibility index (Phi) is 5.42. The number of amides is 1. The lowest BCUT2D eigenvalue weighted by atomic mass is 10.0. The largest absolute Gasteiger partial charge is 0.457 e. The quantitative estimate of drug-likeness (QED) is 0.846. The van der Waals surface area contributed by atoms with Gasteiger partial charge in [0.25, 0.3) is 0 Å². The predicted octanol–water partition coefficient (Wildman–Crippen LogP) is 2.28. The van der Waals surface area contributed by atoms with Gasteiger partial charge in [0.05, 0.1) is 12.5 Å². The van der Waals surface area contributed by atoms with Crippen molar-refractivity contribution < 1.29 is 14.3 Å². The lowest BCUT2D eigenvalue weighted by Gasteiger charge is -2.41. The SMILES string of the molecule is CCN1CC(C)(C)OC(=O)C1CC(=O)NC(C)c1ccccc1. The molecule has 0 bridgehead atoms. The van der Waals surface area contributed by atoms with E-state index in [0.29, 0.717) is 13.1 Å². The van der Waals surface area contributed by atoms with Crippen LogP contribution in [0.3, 0.4) is 0 Å². The fourth-order valence-electron chi connectivity index (χ4n) is 2.97.